The van der Waals surface area contributed by atoms with Crippen LogP contribution >= 0.6 is 0 Å². The first-order valence-electron chi connectivity index (χ1n) is 8.91. The topological polar surface area (TPSA) is 71.3 Å². The summed E-state index contributed by atoms with van der Waals surface area (Å²) in [6.07, 6.45) is -0.332. The van der Waals surface area contributed by atoms with E-state index in [1.165, 1.54) is 25.0 Å². The Morgan fingerprint density at radius 3 is 2.41 bits per heavy atom. The van der Waals surface area contributed by atoms with Crippen LogP contribution in [-0.4, -0.2) is 46.1 Å². The van der Waals surface area contributed by atoms with Gasteiger partial charge in [0.2, 0.25) is 5.82 Å². The third-order valence-corrected chi connectivity index (χ3v) is 5.03. The number of carbonyl (C=O) groups is 1. The maximum absolute atomic E-state index is 12.5. The van der Waals surface area contributed by atoms with E-state index in [1.807, 2.05) is 0 Å². The average molecular weight is 380 g/mol. The fourth-order valence-corrected chi connectivity index (χ4v) is 3.38. The molecule has 1 aliphatic heterocycles. The number of hydrogen-bond acceptors (Lipinski definition) is 5. The molecule has 0 unspecified atom stereocenters. The van der Waals surface area contributed by atoms with Crippen LogP contribution in [0.15, 0.2) is 28.8 Å². The number of nitrogens with one attached hydrogen (secondary N) is 1. The molecular weight excluding hydrogens is 361 g/mol. The van der Waals surface area contributed by atoms with Crippen molar-refractivity contribution < 1.29 is 22.5 Å². The number of nitrogens with zero attached hydrogens (tertiary/aromatic N) is 3. The highest BCUT2D eigenvalue weighted by atomic mass is 19.4. The summed E-state index contributed by atoms with van der Waals surface area (Å²) in [5, 5.41) is 6.46. The largest absolute Gasteiger partial charge is 0.471 e. The van der Waals surface area contributed by atoms with Gasteiger partial charge < -0.3 is 14.7 Å². The summed E-state index contributed by atoms with van der Waals surface area (Å²) in [6.45, 7) is 3.04. The second kappa shape index (κ2) is 6.63. The molecule has 2 aliphatic rings. The van der Waals surface area contributed by atoms with Gasteiger partial charge in [-0.05, 0) is 50.9 Å². The molecule has 2 heterocycles. The lowest BCUT2D eigenvalue weighted by Crippen LogP contribution is -2.45. The van der Waals surface area contributed by atoms with Gasteiger partial charge in [0.25, 0.3) is 5.91 Å². The summed E-state index contributed by atoms with van der Waals surface area (Å²) in [5.74, 6) is -1.73. The molecule has 1 aromatic heterocycles. The van der Waals surface area contributed by atoms with Crippen LogP contribution in [0, 0.1) is 0 Å². The molecule has 1 amide bonds. The minimum atomic E-state index is -4.68. The van der Waals surface area contributed by atoms with Gasteiger partial charge in [-0.3, -0.25) is 4.79 Å². The summed E-state index contributed by atoms with van der Waals surface area (Å²) in [4.78, 5) is 18.3. The summed E-state index contributed by atoms with van der Waals surface area (Å²) >= 11 is 0. The molecule has 1 aromatic carbocycles. The molecule has 6 nitrogen and oxygen atoms in total. The molecule has 0 atom stereocenters. The zero-order valence-electron chi connectivity index (χ0n) is 14.6. The minimum Gasteiger partial charge on any atom is -0.345 e. The fourth-order valence-electron chi connectivity index (χ4n) is 3.38. The number of likely N-dealkylation sites (tertiary alicyclic amines) is 1. The van der Waals surface area contributed by atoms with Crippen molar-refractivity contribution in [2.24, 2.45) is 0 Å². The Kier molecular flexibility index (Phi) is 4.41. The second-order valence-electron chi connectivity index (χ2n) is 7.22. The van der Waals surface area contributed by atoms with Gasteiger partial charge in [-0.25, -0.2) is 0 Å². The lowest BCUT2D eigenvalue weighted by Gasteiger charge is -2.24. The number of hydrogen-bond donors (Lipinski definition) is 1. The fraction of sp³-hybridized carbons (Fsp3) is 0.500. The molecule has 0 radical (unpaired) electrons. The molecular formula is C18H19F3N4O2. The first-order chi connectivity index (χ1) is 12.8. The summed E-state index contributed by atoms with van der Waals surface area (Å²) in [6, 6.07) is 6.14. The first kappa shape index (κ1) is 18.0. The van der Waals surface area contributed by atoms with Crippen LogP contribution < -0.4 is 5.32 Å². The number of amides is 1. The Hall–Kier alpha value is -2.42. The van der Waals surface area contributed by atoms with E-state index in [0.29, 0.717) is 11.1 Å². The van der Waals surface area contributed by atoms with Crippen molar-refractivity contribution >= 4 is 5.91 Å². The van der Waals surface area contributed by atoms with E-state index in [2.05, 4.69) is 24.9 Å². The maximum Gasteiger partial charge on any atom is 0.471 e. The molecule has 9 heteroatoms. The molecule has 0 bridgehead atoms. The van der Waals surface area contributed by atoms with Crippen LogP contribution in [-0.2, 0) is 6.18 Å². The third-order valence-electron chi connectivity index (χ3n) is 5.03. The molecule has 2 fully saturated rings. The second-order valence-corrected chi connectivity index (χ2v) is 7.22. The van der Waals surface area contributed by atoms with Gasteiger partial charge in [0.1, 0.15) is 0 Å². The molecule has 27 heavy (non-hydrogen) atoms. The van der Waals surface area contributed by atoms with Crippen molar-refractivity contribution in [3.05, 3.63) is 35.7 Å². The van der Waals surface area contributed by atoms with E-state index in [0.717, 1.165) is 32.5 Å². The smallest absolute Gasteiger partial charge is 0.345 e. The van der Waals surface area contributed by atoms with Crippen LogP contribution in [0.2, 0.25) is 0 Å². The Balaban J connectivity index is 1.41. The number of benzene rings is 1. The standard InChI is InChI=1S/C18H19F3N4O2/c19-18(20,21)16-22-14(24-27-16)12-3-5-13(6-4-12)15(26)23-17(7-8-17)11-25-9-1-2-10-25/h3-6H,1-2,7-11H2,(H,23,26). The highest BCUT2D eigenvalue weighted by Gasteiger charge is 2.45. The zero-order chi connectivity index (χ0) is 19.1. The SMILES string of the molecule is O=C(NC1(CN2CCCC2)CC1)c1ccc(-c2noc(C(F)(F)F)n2)cc1. The van der Waals surface area contributed by atoms with Gasteiger partial charge in [0, 0.05) is 17.7 Å². The monoisotopic (exact) mass is 380 g/mol. The van der Waals surface area contributed by atoms with Crippen LogP contribution in [0.25, 0.3) is 11.4 Å². The number of carbonyl (C=O) groups excluding carboxylic acids is 1. The third kappa shape index (κ3) is 3.97. The van der Waals surface area contributed by atoms with E-state index in [9.17, 15) is 18.0 Å². The first-order valence-corrected chi connectivity index (χ1v) is 8.91. The number of halogens is 3. The number of aromatic nitrogens is 2. The number of rotatable bonds is 5. The summed E-state index contributed by atoms with van der Waals surface area (Å²) in [7, 11) is 0. The maximum atomic E-state index is 12.5. The highest BCUT2D eigenvalue weighted by molar-refractivity contribution is 5.95. The van der Waals surface area contributed by atoms with Gasteiger partial charge in [0.15, 0.2) is 0 Å². The van der Waals surface area contributed by atoms with Crippen molar-refractivity contribution in [3.8, 4) is 11.4 Å². The molecule has 4 rings (SSSR count). The molecule has 144 valence electrons. The molecule has 1 N–H and O–H groups in total. The minimum absolute atomic E-state index is 0.143. The van der Waals surface area contributed by atoms with E-state index in [-0.39, 0.29) is 17.3 Å². The van der Waals surface area contributed by atoms with Crippen LogP contribution in [0.1, 0.15) is 41.9 Å². The molecule has 1 aliphatic carbocycles. The van der Waals surface area contributed by atoms with Gasteiger partial charge in [-0.1, -0.05) is 17.3 Å². The van der Waals surface area contributed by atoms with Crippen LogP contribution in [0.4, 0.5) is 13.2 Å². The van der Waals surface area contributed by atoms with Crippen molar-refractivity contribution in [1.29, 1.82) is 0 Å². The van der Waals surface area contributed by atoms with Gasteiger partial charge in [-0.15, -0.1) is 0 Å². The highest BCUT2D eigenvalue weighted by Crippen LogP contribution is 2.37. The molecule has 1 saturated carbocycles. The zero-order valence-corrected chi connectivity index (χ0v) is 14.6. The van der Waals surface area contributed by atoms with Crippen LogP contribution in [0.5, 0.6) is 0 Å². The Morgan fingerprint density at radius 1 is 1.19 bits per heavy atom. The van der Waals surface area contributed by atoms with E-state index in [1.54, 1.807) is 12.1 Å². The van der Waals surface area contributed by atoms with E-state index in [4.69, 9.17) is 0 Å². The lowest BCUT2D eigenvalue weighted by molar-refractivity contribution is -0.159. The molecule has 2 aromatic rings. The predicted molar refractivity (Wildman–Crippen MR) is 89.8 cm³/mol. The summed E-state index contributed by atoms with van der Waals surface area (Å²) < 4.78 is 41.9. The predicted octanol–water partition coefficient (Wildman–Crippen LogP) is 3.11. The van der Waals surface area contributed by atoms with Gasteiger partial charge >= 0.3 is 12.1 Å². The Labute approximate surface area is 153 Å². The van der Waals surface area contributed by atoms with Crippen molar-refractivity contribution in [1.82, 2.24) is 20.4 Å². The normalized spacial score (nSPS) is 19.2. The quantitative estimate of drug-likeness (QED) is 0.863. The van der Waals surface area contributed by atoms with E-state index >= 15 is 0 Å². The Bertz CT molecular complexity index is 822. The molecule has 1 saturated heterocycles. The number of alkyl halides is 3. The lowest BCUT2D eigenvalue weighted by atomic mass is 10.1. The summed E-state index contributed by atoms with van der Waals surface area (Å²) in [5.41, 5.74) is 0.657. The van der Waals surface area contributed by atoms with Gasteiger partial charge in [0.05, 0.1) is 5.54 Å². The molecule has 0 spiro atoms. The van der Waals surface area contributed by atoms with Crippen molar-refractivity contribution in [3.63, 3.8) is 0 Å². The Morgan fingerprint density at radius 2 is 1.85 bits per heavy atom. The van der Waals surface area contributed by atoms with Crippen molar-refractivity contribution in [2.45, 2.75) is 37.4 Å². The van der Waals surface area contributed by atoms with E-state index < -0.39 is 12.1 Å². The van der Waals surface area contributed by atoms with Crippen LogP contribution in [0.3, 0.4) is 0 Å². The van der Waals surface area contributed by atoms with Gasteiger partial charge in [-0.2, -0.15) is 18.2 Å². The van der Waals surface area contributed by atoms with Crippen molar-refractivity contribution in [2.75, 3.05) is 19.6 Å². The average Bonchev–Trinajstić information content (AvgIpc) is 3.06.